The number of aryl methyl sites for hydroxylation is 1. The van der Waals surface area contributed by atoms with Gasteiger partial charge in [-0.25, -0.2) is 14.5 Å². The Morgan fingerprint density at radius 3 is 1.98 bits per heavy atom. The zero-order chi connectivity index (χ0) is 30.5. The van der Waals surface area contributed by atoms with Crippen molar-refractivity contribution in [2.45, 2.75) is 78.4 Å². The highest BCUT2D eigenvalue weighted by molar-refractivity contribution is 5.88. The Kier molecular flexibility index (Phi) is 9.23. The number of benzene rings is 2. The minimum Gasteiger partial charge on any atom is -0.457 e. The molecule has 0 radical (unpaired) electrons. The van der Waals surface area contributed by atoms with Crippen molar-refractivity contribution in [1.29, 1.82) is 0 Å². The zero-order valence-electron chi connectivity index (χ0n) is 25.1. The van der Waals surface area contributed by atoms with Crippen LogP contribution in [0.15, 0.2) is 60.8 Å². The van der Waals surface area contributed by atoms with E-state index >= 15 is 0 Å². The standard InChI is InChI=1S/C32H39N3O7/c1-31(2,3)41-29(37)34(30(38)42-32(4,5)6)20-10-13-26-33-27(40-28(36)22-14-15-22)21-35(26)23-16-18-25(19-17-23)39-24-11-8-7-9-12-24/h7-9,11-12,16-19,21-22H,10,13-15,20H2,1-6H3. The van der Waals surface area contributed by atoms with Crippen molar-refractivity contribution in [3.63, 3.8) is 0 Å². The van der Waals surface area contributed by atoms with E-state index in [1.165, 1.54) is 0 Å². The van der Waals surface area contributed by atoms with Crippen LogP contribution in [0.5, 0.6) is 17.4 Å². The van der Waals surface area contributed by atoms with Crippen LogP contribution in [-0.4, -0.2) is 50.4 Å². The van der Waals surface area contributed by atoms with Gasteiger partial charge >= 0.3 is 18.2 Å². The maximum absolute atomic E-state index is 12.9. The first-order valence-corrected chi connectivity index (χ1v) is 14.1. The van der Waals surface area contributed by atoms with Crippen LogP contribution in [0.25, 0.3) is 5.69 Å². The summed E-state index contributed by atoms with van der Waals surface area (Å²) in [6.07, 6.45) is 2.47. The van der Waals surface area contributed by atoms with Crippen molar-refractivity contribution in [2.75, 3.05) is 6.54 Å². The molecule has 0 atom stereocenters. The molecule has 1 heterocycles. The predicted octanol–water partition coefficient (Wildman–Crippen LogP) is 7.08. The molecule has 1 aliphatic rings. The lowest BCUT2D eigenvalue weighted by atomic mass is 10.2. The number of amides is 2. The average Bonchev–Trinajstić information content (AvgIpc) is 3.67. The summed E-state index contributed by atoms with van der Waals surface area (Å²) < 4.78 is 24.2. The van der Waals surface area contributed by atoms with Crippen LogP contribution in [0.1, 0.15) is 66.6 Å². The molecule has 1 fully saturated rings. The van der Waals surface area contributed by atoms with Gasteiger partial charge in [-0.2, -0.15) is 4.98 Å². The Bertz CT molecular complexity index is 1350. The van der Waals surface area contributed by atoms with Crippen LogP contribution in [-0.2, 0) is 20.7 Å². The van der Waals surface area contributed by atoms with E-state index in [1.807, 2.05) is 59.2 Å². The summed E-state index contributed by atoms with van der Waals surface area (Å²) >= 11 is 0. The summed E-state index contributed by atoms with van der Waals surface area (Å²) in [6, 6.07) is 16.9. The number of ether oxygens (including phenoxy) is 4. The van der Waals surface area contributed by atoms with Gasteiger partial charge in [-0.1, -0.05) is 18.2 Å². The molecule has 42 heavy (non-hydrogen) atoms. The molecule has 0 spiro atoms. The van der Waals surface area contributed by atoms with E-state index in [4.69, 9.17) is 18.9 Å². The third-order valence-corrected chi connectivity index (χ3v) is 5.98. The van der Waals surface area contributed by atoms with E-state index < -0.39 is 23.4 Å². The van der Waals surface area contributed by atoms with Crippen molar-refractivity contribution in [1.82, 2.24) is 14.5 Å². The van der Waals surface area contributed by atoms with Crippen molar-refractivity contribution < 1.29 is 33.3 Å². The Labute approximate surface area is 246 Å². The lowest BCUT2D eigenvalue weighted by molar-refractivity contribution is -0.136. The number of nitrogens with zero attached hydrogens (tertiary/aromatic N) is 3. The Balaban J connectivity index is 1.52. The van der Waals surface area contributed by atoms with E-state index in [0.29, 0.717) is 24.4 Å². The maximum Gasteiger partial charge on any atom is 0.419 e. The van der Waals surface area contributed by atoms with Crippen LogP contribution in [0, 0.1) is 5.92 Å². The number of esters is 1. The number of hydrogen-bond donors (Lipinski definition) is 0. The number of rotatable bonds is 9. The molecule has 1 saturated carbocycles. The highest BCUT2D eigenvalue weighted by atomic mass is 16.6. The number of aromatic nitrogens is 2. The van der Waals surface area contributed by atoms with Gasteiger partial charge in [-0.05, 0) is 97.2 Å². The first-order valence-electron chi connectivity index (χ1n) is 14.1. The summed E-state index contributed by atoms with van der Waals surface area (Å²) in [6.45, 7) is 10.4. The van der Waals surface area contributed by atoms with Crippen molar-refractivity contribution in [3.05, 3.63) is 66.6 Å². The largest absolute Gasteiger partial charge is 0.457 e. The van der Waals surface area contributed by atoms with Gasteiger partial charge in [0.2, 0.25) is 5.88 Å². The lowest BCUT2D eigenvalue weighted by Crippen LogP contribution is -2.44. The number of hydrogen-bond acceptors (Lipinski definition) is 8. The molecule has 0 saturated heterocycles. The van der Waals surface area contributed by atoms with Gasteiger partial charge in [0, 0.05) is 18.7 Å². The molecular formula is C32H39N3O7. The van der Waals surface area contributed by atoms with Gasteiger partial charge in [-0.3, -0.25) is 9.36 Å². The van der Waals surface area contributed by atoms with E-state index in [1.54, 1.807) is 47.7 Å². The van der Waals surface area contributed by atoms with E-state index in [-0.39, 0.29) is 24.3 Å². The van der Waals surface area contributed by atoms with Crippen LogP contribution >= 0.6 is 0 Å². The molecule has 1 aliphatic carbocycles. The fourth-order valence-corrected chi connectivity index (χ4v) is 3.94. The number of para-hydroxylation sites is 1. The molecule has 10 heteroatoms. The number of imidazole rings is 1. The second kappa shape index (κ2) is 12.7. The van der Waals surface area contributed by atoms with Crippen LogP contribution in [0.4, 0.5) is 9.59 Å². The van der Waals surface area contributed by atoms with E-state index in [2.05, 4.69) is 4.98 Å². The van der Waals surface area contributed by atoms with Crippen molar-refractivity contribution in [2.24, 2.45) is 5.92 Å². The molecular weight excluding hydrogens is 538 g/mol. The molecule has 0 aliphatic heterocycles. The first-order chi connectivity index (χ1) is 19.8. The summed E-state index contributed by atoms with van der Waals surface area (Å²) in [5.74, 6) is 1.81. The van der Waals surface area contributed by atoms with Crippen molar-refractivity contribution >= 4 is 18.2 Å². The third-order valence-electron chi connectivity index (χ3n) is 5.98. The van der Waals surface area contributed by atoms with Gasteiger partial charge in [0.15, 0.2) is 0 Å². The number of carbonyl (C=O) groups is 3. The highest BCUT2D eigenvalue weighted by Crippen LogP contribution is 2.31. The lowest BCUT2D eigenvalue weighted by Gasteiger charge is -2.28. The van der Waals surface area contributed by atoms with Gasteiger partial charge < -0.3 is 18.9 Å². The van der Waals surface area contributed by atoms with Crippen molar-refractivity contribution in [3.8, 4) is 23.1 Å². The third kappa shape index (κ3) is 9.09. The molecule has 3 aromatic rings. The van der Waals surface area contributed by atoms with Gasteiger partial charge in [-0.15, -0.1) is 0 Å². The average molecular weight is 578 g/mol. The topological polar surface area (TPSA) is 109 Å². The second-order valence-corrected chi connectivity index (χ2v) is 12.2. The maximum atomic E-state index is 12.9. The highest BCUT2D eigenvalue weighted by Gasteiger charge is 2.33. The molecule has 0 N–H and O–H groups in total. The Morgan fingerprint density at radius 1 is 0.857 bits per heavy atom. The zero-order valence-corrected chi connectivity index (χ0v) is 25.1. The van der Waals surface area contributed by atoms with Crippen LogP contribution < -0.4 is 9.47 Å². The predicted molar refractivity (Wildman–Crippen MR) is 156 cm³/mol. The second-order valence-electron chi connectivity index (χ2n) is 12.2. The molecule has 2 aromatic carbocycles. The quantitative estimate of drug-likeness (QED) is 0.248. The molecule has 1 aromatic heterocycles. The number of carbonyl (C=O) groups excluding carboxylic acids is 3. The molecule has 224 valence electrons. The minimum atomic E-state index is -0.787. The summed E-state index contributed by atoms with van der Waals surface area (Å²) in [7, 11) is 0. The Hall–Kier alpha value is -4.34. The van der Waals surface area contributed by atoms with Crippen LogP contribution in [0.2, 0.25) is 0 Å². The number of imide groups is 1. The summed E-state index contributed by atoms with van der Waals surface area (Å²) in [5.41, 5.74) is -0.794. The van der Waals surface area contributed by atoms with Crippen LogP contribution in [0.3, 0.4) is 0 Å². The first kappa shape index (κ1) is 30.6. The van der Waals surface area contributed by atoms with Gasteiger partial charge in [0.25, 0.3) is 0 Å². The summed E-state index contributed by atoms with van der Waals surface area (Å²) in [4.78, 5) is 43.6. The molecule has 2 amide bonds. The fourth-order valence-electron chi connectivity index (χ4n) is 3.94. The smallest absolute Gasteiger partial charge is 0.419 e. The Morgan fingerprint density at radius 2 is 1.43 bits per heavy atom. The molecule has 10 nitrogen and oxygen atoms in total. The monoisotopic (exact) mass is 577 g/mol. The summed E-state index contributed by atoms with van der Waals surface area (Å²) in [5, 5.41) is 0. The minimum absolute atomic E-state index is 0.0394. The normalized spacial score (nSPS) is 13.3. The van der Waals surface area contributed by atoms with E-state index in [9.17, 15) is 14.4 Å². The molecule has 4 rings (SSSR count). The fraction of sp³-hybridized carbons (Fsp3) is 0.438. The molecule has 0 unspecified atom stereocenters. The SMILES string of the molecule is CC(C)(C)OC(=O)N(CCCc1nc(OC(=O)C2CC2)cn1-c1ccc(Oc2ccccc2)cc1)C(=O)OC(C)(C)C. The van der Waals surface area contributed by atoms with Gasteiger partial charge in [0.1, 0.15) is 28.5 Å². The van der Waals surface area contributed by atoms with E-state index in [0.717, 1.165) is 29.2 Å². The van der Waals surface area contributed by atoms with Gasteiger partial charge in [0.05, 0.1) is 12.1 Å². The molecule has 0 bridgehead atoms.